The minimum Gasteiger partial charge on any atom is -0.495 e. The summed E-state index contributed by atoms with van der Waals surface area (Å²) in [5.41, 5.74) is 1.12. The lowest BCUT2D eigenvalue weighted by molar-refractivity contribution is 0.103. The van der Waals surface area contributed by atoms with Crippen molar-refractivity contribution in [3.63, 3.8) is 0 Å². The van der Waals surface area contributed by atoms with Crippen LogP contribution in [0.15, 0.2) is 18.3 Å². The predicted molar refractivity (Wildman–Crippen MR) is 72.8 cm³/mol. The highest BCUT2D eigenvalue weighted by molar-refractivity contribution is 5.19. The van der Waals surface area contributed by atoms with E-state index >= 15 is 0 Å². The van der Waals surface area contributed by atoms with E-state index in [1.165, 1.54) is 0 Å². The molecule has 2 heterocycles. The molecule has 0 amide bonds. The molecule has 0 bridgehead atoms. The Labute approximate surface area is 110 Å². The lowest BCUT2D eigenvalue weighted by atomic mass is 10.2. The molecule has 100 valence electrons. The van der Waals surface area contributed by atoms with Gasteiger partial charge in [-0.15, -0.1) is 0 Å². The van der Waals surface area contributed by atoms with E-state index in [1.54, 1.807) is 13.3 Å². The number of hydrogen-bond acceptors (Lipinski definition) is 4. The van der Waals surface area contributed by atoms with Gasteiger partial charge in [0, 0.05) is 38.8 Å². The maximum Gasteiger partial charge on any atom is 0.137 e. The van der Waals surface area contributed by atoms with Crippen LogP contribution in [0.1, 0.15) is 19.5 Å². The molecule has 18 heavy (non-hydrogen) atoms. The number of aromatic nitrogens is 1. The number of piperazine rings is 1. The minimum atomic E-state index is 0.659. The first-order valence-corrected chi connectivity index (χ1v) is 6.64. The number of ether oxygens (including phenoxy) is 1. The summed E-state index contributed by atoms with van der Waals surface area (Å²) in [5.74, 6) is 0.823. The quantitative estimate of drug-likeness (QED) is 0.810. The Morgan fingerprint density at radius 3 is 2.44 bits per heavy atom. The first kappa shape index (κ1) is 13.3. The van der Waals surface area contributed by atoms with E-state index in [0.717, 1.165) is 44.2 Å². The van der Waals surface area contributed by atoms with Crippen LogP contribution in [0, 0.1) is 0 Å². The average molecular weight is 249 g/mol. The van der Waals surface area contributed by atoms with E-state index < -0.39 is 0 Å². The van der Waals surface area contributed by atoms with Crippen molar-refractivity contribution < 1.29 is 4.74 Å². The van der Waals surface area contributed by atoms with Gasteiger partial charge in [0.1, 0.15) is 5.75 Å². The van der Waals surface area contributed by atoms with Crippen LogP contribution < -0.4 is 4.74 Å². The largest absolute Gasteiger partial charge is 0.495 e. The van der Waals surface area contributed by atoms with Gasteiger partial charge in [0.05, 0.1) is 19.0 Å². The van der Waals surface area contributed by atoms with Crippen molar-refractivity contribution in [2.45, 2.75) is 26.4 Å². The molecule has 1 aromatic rings. The lowest BCUT2D eigenvalue weighted by Crippen LogP contribution is -2.48. The van der Waals surface area contributed by atoms with Crippen LogP contribution in [-0.4, -0.2) is 54.1 Å². The van der Waals surface area contributed by atoms with Crippen molar-refractivity contribution in [1.82, 2.24) is 14.8 Å². The van der Waals surface area contributed by atoms with E-state index in [0.29, 0.717) is 6.04 Å². The van der Waals surface area contributed by atoms with Crippen LogP contribution in [-0.2, 0) is 6.54 Å². The summed E-state index contributed by atoms with van der Waals surface area (Å²) < 4.78 is 5.12. The van der Waals surface area contributed by atoms with Crippen molar-refractivity contribution in [3.05, 3.63) is 24.0 Å². The van der Waals surface area contributed by atoms with Gasteiger partial charge in [0.25, 0.3) is 0 Å². The maximum absolute atomic E-state index is 5.12. The topological polar surface area (TPSA) is 28.6 Å². The van der Waals surface area contributed by atoms with Crippen LogP contribution in [0.25, 0.3) is 0 Å². The molecule has 0 saturated carbocycles. The van der Waals surface area contributed by atoms with Gasteiger partial charge >= 0.3 is 0 Å². The van der Waals surface area contributed by atoms with Crippen molar-refractivity contribution in [1.29, 1.82) is 0 Å². The van der Waals surface area contributed by atoms with Crippen LogP contribution >= 0.6 is 0 Å². The lowest BCUT2D eigenvalue weighted by Gasteiger charge is -2.36. The molecule has 0 unspecified atom stereocenters. The fourth-order valence-electron chi connectivity index (χ4n) is 2.29. The zero-order valence-electron chi connectivity index (χ0n) is 11.6. The monoisotopic (exact) mass is 249 g/mol. The Morgan fingerprint density at radius 1 is 1.22 bits per heavy atom. The number of hydrogen-bond donors (Lipinski definition) is 0. The summed E-state index contributed by atoms with van der Waals surface area (Å²) in [6, 6.07) is 4.69. The van der Waals surface area contributed by atoms with E-state index in [2.05, 4.69) is 28.6 Å². The van der Waals surface area contributed by atoms with Gasteiger partial charge in [-0.05, 0) is 26.0 Å². The summed E-state index contributed by atoms with van der Waals surface area (Å²) in [4.78, 5) is 9.41. The summed E-state index contributed by atoms with van der Waals surface area (Å²) in [6.45, 7) is 10.1. The molecular formula is C14H23N3O. The SMILES string of the molecule is COc1ccc(CN2CCN(C(C)C)CC2)nc1. The first-order valence-electron chi connectivity index (χ1n) is 6.64. The third-order valence-electron chi connectivity index (χ3n) is 3.56. The Balaban J connectivity index is 1.83. The molecule has 1 fully saturated rings. The van der Waals surface area contributed by atoms with Gasteiger partial charge in [-0.2, -0.15) is 0 Å². The normalized spacial score (nSPS) is 18.2. The van der Waals surface area contributed by atoms with E-state index in [4.69, 9.17) is 4.74 Å². The van der Waals surface area contributed by atoms with Crippen molar-refractivity contribution >= 4 is 0 Å². The molecule has 0 radical (unpaired) electrons. The summed E-state index contributed by atoms with van der Waals surface area (Å²) in [5, 5.41) is 0. The summed E-state index contributed by atoms with van der Waals surface area (Å²) in [6.07, 6.45) is 1.79. The molecule has 2 rings (SSSR count). The van der Waals surface area contributed by atoms with Crippen LogP contribution in [0.3, 0.4) is 0 Å². The number of rotatable bonds is 4. The van der Waals surface area contributed by atoms with Crippen LogP contribution in [0.4, 0.5) is 0 Å². The second kappa shape index (κ2) is 6.16. The molecule has 0 aliphatic carbocycles. The highest BCUT2D eigenvalue weighted by atomic mass is 16.5. The van der Waals surface area contributed by atoms with Gasteiger partial charge in [-0.1, -0.05) is 0 Å². The van der Waals surface area contributed by atoms with Gasteiger partial charge in [0.2, 0.25) is 0 Å². The molecule has 4 heteroatoms. The highest BCUT2D eigenvalue weighted by Gasteiger charge is 2.18. The maximum atomic E-state index is 5.12. The van der Waals surface area contributed by atoms with E-state index in [-0.39, 0.29) is 0 Å². The van der Waals surface area contributed by atoms with Gasteiger partial charge in [-0.3, -0.25) is 14.8 Å². The molecule has 0 spiro atoms. The third-order valence-corrected chi connectivity index (χ3v) is 3.56. The fraction of sp³-hybridized carbons (Fsp3) is 0.643. The molecule has 0 N–H and O–H groups in total. The fourth-order valence-corrected chi connectivity index (χ4v) is 2.29. The number of methoxy groups -OCH3 is 1. The van der Waals surface area contributed by atoms with Crippen LogP contribution in [0.2, 0.25) is 0 Å². The molecule has 1 aromatic heterocycles. The average Bonchev–Trinajstić information content (AvgIpc) is 2.40. The van der Waals surface area contributed by atoms with Gasteiger partial charge in [0.15, 0.2) is 0 Å². The molecule has 0 atom stereocenters. The molecule has 0 aromatic carbocycles. The molecular weight excluding hydrogens is 226 g/mol. The second-order valence-electron chi connectivity index (χ2n) is 5.10. The minimum absolute atomic E-state index is 0.659. The predicted octanol–water partition coefficient (Wildman–Crippen LogP) is 1.62. The van der Waals surface area contributed by atoms with E-state index in [1.807, 2.05) is 12.1 Å². The number of nitrogens with zero attached hydrogens (tertiary/aromatic N) is 3. The molecule has 1 aliphatic heterocycles. The smallest absolute Gasteiger partial charge is 0.137 e. The Bertz CT molecular complexity index is 356. The summed E-state index contributed by atoms with van der Waals surface area (Å²) >= 11 is 0. The van der Waals surface area contributed by atoms with Crippen molar-refractivity contribution in [2.24, 2.45) is 0 Å². The number of pyridine rings is 1. The zero-order chi connectivity index (χ0) is 13.0. The first-order chi connectivity index (χ1) is 8.69. The molecule has 4 nitrogen and oxygen atoms in total. The van der Waals surface area contributed by atoms with Crippen molar-refractivity contribution in [2.75, 3.05) is 33.3 Å². The summed E-state index contributed by atoms with van der Waals surface area (Å²) in [7, 11) is 1.67. The second-order valence-corrected chi connectivity index (χ2v) is 5.10. The van der Waals surface area contributed by atoms with Gasteiger partial charge in [-0.25, -0.2) is 0 Å². The van der Waals surface area contributed by atoms with Crippen molar-refractivity contribution in [3.8, 4) is 5.75 Å². The Morgan fingerprint density at radius 2 is 1.94 bits per heavy atom. The molecule has 1 saturated heterocycles. The van der Waals surface area contributed by atoms with Gasteiger partial charge < -0.3 is 4.74 Å². The molecule has 1 aliphatic rings. The Hall–Kier alpha value is -1.13. The standard InChI is InChI=1S/C14H23N3O/c1-12(2)17-8-6-16(7-9-17)11-13-4-5-14(18-3)10-15-13/h4-5,10,12H,6-9,11H2,1-3H3. The zero-order valence-corrected chi connectivity index (χ0v) is 11.6. The Kier molecular flexibility index (Phi) is 4.55. The van der Waals surface area contributed by atoms with E-state index in [9.17, 15) is 0 Å². The third kappa shape index (κ3) is 3.43. The van der Waals surface area contributed by atoms with Crippen LogP contribution in [0.5, 0.6) is 5.75 Å². The highest BCUT2D eigenvalue weighted by Crippen LogP contribution is 2.12.